The molecule has 0 aromatic heterocycles. The number of hydrogen-bond acceptors (Lipinski definition) is 0. The smallest absolute Gasteiger partial charge is 0.0212 e. The molecule has 3 aromatic rings. The lowest BCUT2D eigenvalue weighted by Gasteiger charge is -2.05. The highest BCUT2D eigenvalue weighted by molar-refractivity contribution is 5.83. The lowest BCUT2D eigenvalue weighted by Crippen LogP contribution is -1.82. The van der Waals surface area contributed by atoms with E-state index < -0.39 is 0 Å². The van der Waals surface area contributed by atoms with Gasteiger partial charge in [0.05, 0.1) is 0 Å². The SMILES string of the molecule is [CH]1c2ccccc2-c2ccc(-c3ccccc3)cc21. The largest absolute Gasteiger partial charge is 0.0622 e. The van der Waals surface area contributed by atoms with Crippen molar-refractivity contribution in [3.63, 3.8) is 0 Å². The van der Waals surface area contributed by atoms with Gasteiger partial charge in [0.15, 0.2) is 0 Å². The van der Waals surface area contributed by atoms with Crippen LogP contribution in [0.4, 0.5) is 0 Å². The Kier molecular flexibility index (Phi) is 2.28. The third kappa shape index (κ3) is 1.68. The Labute approximate surface area is 113 Å². The van der Waals surface area contributed by atoms with Crippen molar-refractivity contribution in [3.8, 4) is 22.3 Å². The van der Waals surface area contributed by atoms with Gasteiger partial charge in [0, 0.05) is 6.42 Å². The molecule has 1 radical (unpaired) electrons. The summed E-state index contributed by atoms with van der Waals surface area (Å²) in [6, 6.07) is 25.8. The molecule has 0 fully saturated rings. The number of fused-ring (bicyclic) bond motifs is 3. The second kappa shape index (κ2) is 4.10. The third-order valence-electron chi connectivity index (χ3n) is 3.72. The Morgan fingerprint density at radius 3 is 2.11 bits per heavy atom. The highest BCUT2D eigenvalue weighted by Gasteiger charge is 2.18. The van der Waals surface area contributed by atoms with Gasteiger partial charge >= 0.3 is 0 Å². The fourth-order valence-corrected chi connectivity index (χ4v) is 2.77. The maximum atomic E-state index is 2.28. The Balaban J connectivity index is 1.84. The molecule has 89 valence electrons. The van der Waals surface area contributed by atoms with Crippen LogP contribution in [0.5, 0.6) is 0 Å². The summed E-state index contributed by atoms with van der Waals surface area (Å²) in [6.45, 7) is 0. The Hall–Kier alpha value is -2.34. The Morgan fingerprint density at radius 2 is 1.21 bits per heavy atom. The minimum Gasteiger partial charge on any atom is -0.0622 e. The molecule has 0 amide bonds. The van der Waals surface area contributed by atoms with Gasteiger partial charge in [-0.15, -0.1) is 0 Å². The molecule has 1 aliphatic rings. The van der Waals surface area contributed by atoms with Gasteiger partial charge in [0.1, 0.15) is 0 Å². The van der Waals surface area contributed by atoms with Crippen LogP contribution in [-0.4, -0.2) is 0 Å². The maximum Gasteiger partial charge on any atom is 0.0212 e. The molecule has 0 N–H and O–H groups in total. The van der Waals surface area contributed by atoms with Gasteiger partial charge in [0.2, 0.25) is 0 Å². The Morgan fingerprint density at radius 1 is 0.474 bits per heavy atom. The van der Waals surface area contributed by atoms with E-state index in [0.717, 1.165) is 0 Å². The molecule has 0 heteroatoms. The van der Waals surface area contributed by atoms with E-state index in [0.29, 0.717) is 0 Å². The minimum atomic E-state index is 1.27. The van der Waals surface area contributed by atoms with E-state index in [2.05, 4.69) is 79.2 Å². The number of rotatable bonds is 1. The molecule has 3 aromatic carbocycles. The number of benzene rings is 3. The molecule has 0 nitrogen and oxygen atoms in total. The molecule has 4 rings (SSSR count). The highest BCUT2D eigenvalue weighted by Crippen LogP contribution is 2.39. The van der Waals surface area contributed by atoms with Crippen LogP contribution in [-0.2, 0) is 0 Å². The first-order valence-electron chi connectivity index (χ1n) is 6.55. The fraction of sp³-hybridized carbons (Fsp3) is 0. The van der Waals surface area contributed by atoms with Crippen molar-refractivity contribution < 1.29 is 0 Å². The summed E-state index contributed by atoms with van der Waals surface area (Å²) >= 11 is 0. The zero-order valence-electron chi connectivity index (χ0n) is 10.5. The summed E-state index contributed by atoms with van der Waals surface area (Å²) in [5, 5.41) is 0. The van der Waals surface area contributed by atoms with Crippen molar-refractivity contribution in [3.05, 3.63) is 90.3 Å². The van der Waals surface area contributed by atoms with E-state index in [4.69, 9.17) is 0 Å². The lowest BCUT2D eigenvalue weighted by molar-refractivity contribution is 1.53. The van der Waals surface area contributed by atoms with Crippen molar-refractivity contribution in [2.45, 2.75) is 0 Å². The molecule has 0 aliphatic heterocycles. The van der Waals surface area contributed by atoms with E-state index in [1.165, 1.54) is 33.4 Å². The van der Waals surface area contributed by atoms with Gasteiger partial charge in [-0.05, 0) is 39.4 Å². The molecule has 19 heavy (non-hydrogen) atoms. The standard InChI is InChI=1S/C19H13/c1-2-6-14(7-3-1)15-10-11-19-17(12-15)13-16-8-4-5-9-18(16)19/h1-13H. The van der Waals surface area contributed by atoms with E-state index >= 15 is 0 Å². The van der Waals surface area contributed by atoms with Crippen LogP contribution < -0.4 is 0 Å². The van der Waals surface area contributed by atoms with Crippen LogP contribution in [0.3, 0.4) is 0 Å². The molecule has 0 bridgehead atoms. The molecule has 0 atom stereocenters. The van der Waals surface area contributed by atoms with E-state index in [1.54, 1.807) is 0 Å². The summed E-state index contributed by atoms with van der Waals surface area (Å²) in [4.78, 5) is 0. The first-order valence-corrected chi connectivity index (χ1v) is 6.55. The monoisotopic (exact) mass is 241 g/mol. The predicted octanol–water partition coefficient (Wildman–Crippen LogP) is 4.93. The second-order valence-corrected chi connectivity index (χ2v) is 4.90. The van der Waals surface area contributed by atoms with E-state index in [-0.39, 0.29) is 0 Å². The van der Waals surface area contributed by atoms with Crippen molar-refractivity contribution in [1.82, 2.24) is 0 Å². The van der Waals surface area contributed by atoms with Crippen LogP contribution in [0.15, 0.2) is 72.8 Å². The minimum absolute atomic E-state index is 1.27. The predicted molar refractivity (Wildman–Crippen MR) is 79.8 cm³/mol. The third-order valence-corrected chi connectivity index (χ3v) is 3.72. The molecule has 0 unspecified atom stereocenters. The molecular weight excluding hydrogens is 228 g/mol. The van der Waals surface area contributed by atoms with Crippen LogP contribution in [0.2, 0.25) is 0 Å². The van der Waals surface area contributed by atoms with E-state index in [9.17, 15) is 0 Å². The van der Waals surface area contributed by atoms with Gasteiger partial charge in [0.25, 0.3) is 0 Å². The molecule has 0 saturated heterocycles. The first-order chi connectivity index (χ1) is 9.42. The second-order valence-electron chi connectivity index (χ2n) is 4.90. The molecule has 1 aliphatic carbocycles. The summed E-state index contributed by atoms with van der Waals surface area (Å²) < 4.78 is 0. The normalized spacial score (nSPS) is 12.0. The fourth-order valence-electron chi connectivity index (χ4n) is 2.77. The lowest BCUT2D eigenvalue weighted by atomic mass is 9.99. The van der Waals surface area contributed by atoms with Crippen LogP contribution >= 0.6 is 0 Å². The summed E-state index contributed by atoms with van der Waals surface area (Å²) in [7, 11) is 0. The van der Waals surface area contributed by atoms with Gasteiger partial charge in [-0.2, -0.15) is 0 Å². The van der Waals surface area contributed by atoms with Gasteiger partial charge in [-0.25, -0.2) is 0 Å². The van der Waals surface area contributed by atoms with Crippen LogP contribution in [0, 0.1) is 6.42 Å². The molecule has 0 heterocycles. The van der Waals surface area contributed by atoms with Crippen molar-refractivity contribution in [2.24, 2.45) is 0 Å². The van der Waals surface area contributed by atoms with Gasteiger partial charge in [-0.3, -0.25) is 0 Å². The van der Waals surface area contributed by atoms with Crippen LogP contribution in [0.1, 0.15) is 11.1 Å². The Bertz CT molecular complexity index is 739. The molecule has 0 spiro atoms. The van der Waals surface area contributed by atoms with Gasteiger partial charge in [-0.1, -0.05) is 66.7 Å². The molecular formula is C19H13. The zero-order chi connectivity index (χ0) is 12.7. The number of hydrogen-bond donors (Lipinski definition) is 0. The van der Waals surface area contributed by atoms with Crippen molar-refractivity contribution in [2.75, 3.05) is 0 Å². The summed E-state index contributed by atoms with van der Waals surface area (Å²) in [5.74, 6) is 0. The van der Waals surface area contributed by atoms with Crippen LogP contribution in [0.25, 0.3) is 22.3 Å². The quantitative estimate of drug-likeness (QED) is 0.443. The highest BCUT2D eigenvalue weighted by atomic mass is 14.2. The summed E-state index contributed by atoms with van der Waals surface area (Å²) in [6.07, 6.45) is 2.27. The zero-order valence-corrected chi connectivity index (χ0v) is 10.5. The first kappa shape index (κ1) is 10.6. The molecule has 0 saturated carbocycles. The van der Waals surface area contributed by atoms with Crippen molar-refractivity contribution >= 4 is 0 Å². The maximum absolute atomic E-state index is 2.28. The van der Waals surface area contributed by atoms with Crippen molar-refractivity contribution in [1.29, 1.82) is 0 Å². The van der Waals surface area contributed by atoms with Gasteiger partial charge < -0.3 is 0 Å². The van der Waals surface area contributed by atoms with E-state index in [1.807, 2.05) is 0 Å². The topological polar surface area (TPSA) is 0 Å². The average molecular weight is 241 g/mol. The average Bonchev–Trinajstić information content (AvgIpc) is 2.86. The summed E-state index contributed by atoms with van der Waals surface area (Å²) in [5.41, 5.74) is 7.88.